The first-order valence-electron chi connectivity index (χ1n) is 6.87. The van der Waals surface area contributed by atoms with Crippen molar-refractivity contribution in [1.29, 1.82) is 0 Å². The SMILES string of the molecule is CC1(C)CCC(NC(=O)Nc2ccc(C(=O)O)c(Cl)c2)C1. The maximum Gasteiger partial charge on any atom is 0.337 e. The normalized spacial score (nSPS) is 20.0. The third kappa shape index (κ3) is 4.11. The van der Waals surface area contributed by atoms with E-state index in [0.29, 0.717) is 5.69 Å². The Bertz CT molecular complexity index is 572. The topological polar surface area (TPSA) is 78.4 Å². The fourth-order valence-corrected chi connectivity index (χ4v) is 2.94. The van der Waals surface area contributed by atoms with E-state index in [1.165, 1.54) is 18.2 Å². The van der Waals surface area contributed by atoms with Crippen molar-refractivity contribution in [3.8, 4) is 0 Å². The van der Waals surface area contributed by atoms with Crippen molar-refractivity contribution in [2.45, 2.75) is 39.2 Å². The summed E-state index contributed by atoms with van der Waals surface area (Å²) in [6, 6.07) is 4.21. The molecule has 0 spiro atoms. The van der Waals surface area contributed by atoms with Crippen LogP contribution in [0, 0.1) is 5.41 Å². The van der Waals surface area contributed by atoms with Crippen LogP contribution in [0.5, 0.6) is 0 Å². The van der Waals surface area contributed by atoms with Crippen molar-refractivity contribution >= 4 is 29.3 Å². The number of carbonyl (C=O) groups is 2. The number of carboxylic acids is 1. The first-order valence-corrected chi connectivity index (χ1v) is 7.25. The molecule has 0 bridgehead atoms. The Balaban J connectivity index is 1.94. The molecule has 3 N–H and O–H groups in total. The van der Waals surface area contributed by atoms with Crippen LogP contribution < -0.4 is 10.6 Å². The van der Waals surface area contributed by atoms with Gasteiger partial charge in [-0.2, -0.15) is 0 Å². The first-order chi connectivity index (χ1) is 9.77. The van der Waals surface area contributed by atoms with Crippen LogP contribution in [-0.4, -0.2) is 23.1 Å². The molecule has 1 fully saturated rings. The number of nitrogens with one attached hydrogen (secondary N) is 2. The number of benzene rings is 1. The molecule has 0 aromatic heterocycles. The molecule has 114 valence electrons. The van der Waals surface area contributed by atoms with Crippen LogP contribution in [0.15, 0.2) is 18.2 Å². The van der Waals surface area contributed by atoms with Crippen molar-refractivity contribution in [1.82, 2.24) is 5.32 Å². The van der Waals surface area contributed by atoms with Crippen LogP contribution in [0.25, 0.3) is 0 Å². The van der Waals surface area contributed by atoms with Gasteiger partial charge in [-0.1, -0.05) is 25.4 Å². The molecule has 1 saturated carbocycles. The van der Waals surface area contributed by atoms with E-state index in [0.717, 1.165) is 19.3 Å². The Labute approximate surface area is 128 Å². The summed E-state index contributed by atoms with van der Waals surface area (Å²) in [6.07, 6.45) is 3.02. The average molecular weight is 311 g/mol. The number of anilines is 1. The third-order valence-electron chi connectivity index (χ3n) is 3.76. The van der Waals surface area contributed by atoms with Gasteiger partial charge in [0, 0.05) is 11.7 Å². The number of amides is 2. The van der Waals surface area contributed by atoms with Gasteiger partial charge in [-0.15, -0.1) is 0 Å². The molecule has 1 atom stereocenters. The van der Waals surface area contributed by atoms with Gasteiger partial charge in [-0.3, -0.25) is 0 Å². The number of hydrogen-bond acceptors (Lipinski definition) is 2. The molecular formula is C15H19ClN2O3. The molecule has 1 aromatic rings. The summed E-state index contributed by atoms with van der Waals surface area (Å²) in [6.45, 7) is 4.38. The Kier molecular flexibility index (Phi) is 4.42. The van der Waals surface area contributed by atoms with Crippen LogP contribution in [0.3, 0.4) is 0 Å². The quantitative estimate of drug-likeness (QED) is 0.795. The smallest absolute Gasteiger partial charge is 0.337 e. The van der Waals surface area contributed by atoms with Gasteiger partial charge in [-0.05, 0) is 42.9 Å². The Morgan fingerprint density at radius 2 is 2.10 bits per heavy atom. The van der Waals surface area contributed by atoms with E-state index in [1.807, 2.05) is 0 Å². The van der Waals surface area contributed by atoms with Gasteiger partial charge in [-0.25, -0.2) is 9.59 Å². The highest BCUT2D eigenvalue weighted by Crippen LogP contribution is 2.36. The van der Waals surface area contributed by atoms with Crippen LogP contribution in [0.2, 0.25) is 5.02 Å². The van der Waals surface area contributed by atoms with E-state index in [-0.39, 0.29) is 28.1 Å². The molecule has 0 radical (unpaired) electrons. The van der Waals surface area contributed by atoms with Gasteiger partial charge >= 0.3 is 12.0 Å². The summed E-state index contributed by atoms with van der Waals surface area (Å²) in [5.74, 6) is -1.09. The van der Waals surface area contributed by atoms with Gasteiger partial charge in [0.2, 0.25) is 0 Å². The standard InChI is InChI=1S/C15H19ClN2O3/c1-15(2)6-5-10(8-15)18-14(21)17-9-3-4-11(13(19)20)12(16)7-9/h3-4,7,10H,5-6,8H2,1-2H3,(H,19,20)(H2,17,18,21). The highest BCUT2D eigenvalue weighted by atomic mass is 35.5. The molecule has 5 nitrogen and oxygen atoms in total. The Morgan fingerprint density at radius 3 is 2.62 bits per heavy atom. The largest absolute Gasteiger partial charge is 0.478 e. The minimum absolute atomic E-state index is 0.0140. The van der Waals surface area contributed by atoms with Gasteiger partial charge in [0.05, 0.1) is 10.6 Å². The summed E-state index contributed by atoms with van der Waals surface area (Å²) in [7, 11) is 0. The van der Waals surface area contributed by atoms with Crippen LogP contribution >= 0.6 is 11.6 Å². The third-order valence-corrected chi connectivity index (χ3v) is 4.07. The second kappa shape index (κ2) is 5.93. The predicted molar refractivity (Wildman–Crippen MR) is 82.0 cm³/mol. The van der Waals surface area contributed by atoms with E-state index < -0.39 is 5.97 Å². The zero-order valence-electron chi connectivity index (χ0n) is 12.1. The minimum Gasteiger partial charge on any atom is -0.478 e. The van der Waals surface area contributed by atoms with Crippen LogP contribution in [-0.2, 0) is 0 Å². The second-order valence-corrected chi connectivity index (χ2v) is 6.61. The Hall–Kier alpha value is -1.75. The number of hydrogen-bond donors (Lipinski definition) is 3. The van der Waals surface area contributed by atoms with E-state index in [1.54, 1.807) is 0 Å². The number of halogens is 1. The molecule has 1 aliphatic rings. The number of aromatic carboxylic acids is 1. The minimum atomic E-state index is -1.09. The molecule has 0 saturated heterocycles. The number of carboxylic acid groups (broad SMARTS) is 1. The summed E-state index contributed by atoms with van der Waals surface area (Å²) in [5.41, 5.74) is 0.754. The highest BCUT2D eigenvalue weighted by molar-refractivity contribution is 6.33. The summed E-state index contributed by atoms with van der Waals surface area (Å²) in [5, 5.41) is 14.6. The molecule has 0 aliphatic heterocycles. The van der Waals surface area contributed by atoms with Gasteiger partial charge in [0.1, 0.15) is 0 Å². The summed E-state index contributed by atoms with van der Waals surface area (Å²) < 4.78 is 0. The fraction of sp³-hybridized carbons (Fsp3) is 0.467. The van der Waals surface area contributed by atoms with Gasteiger partial charge < -0.3 is 15.7 Å². The fourth-order valence-electron chi connectivity index (χ4n) is 2.68. The van der Waals surface area contributed by atoms with E-state index in [4.69, 9.17) is 16.7 Å². The molecule has 6 heteroatoms. The monoisotopic (exact) mass is 310 g/mol. The van der Waals surface area contributed by atoms with Crippen molar-refractivity contribution in [2.75, 3.05) is 5.32 Å². The highest BCUT2D eigenvalue weighted by Gasteiger charge is 2.31. The maximum absolute atomic E-state index is 11.9. The van der Waals surface area contributed by atoms with Crippen molar-refractivity contribution in [3.63, 3.8) is 0 Å². The second-order valence-electron chi connectivity index (χ2n) is 6.20. The molecule has 21 heavy (non-hydrogen) atoms. The summed E-state index contributed by atoms with van der Waals surface area (Å²) >= 11 is 5.86. The van der Waals surface area contributed by atoms with Crippen molar-refractivity contribution < 1.29 is 14.7 Å². The lowest BCUT2D eigenvalue weighted by atomic mass is 9.92. The van der Waals surface area contributed by atoms with Crippen LogP contribution in [0.1, 0.15) is 43.5 Å². The summed E-state index contributed by atoms with van der Waals surface area (Å²) in [4.78, 5) is 22.8. The van der Waals surface area contributed by atoms with E-state index in [9.17, 15) is 9.59 Å². The lowest BCUT2D eigenvalue weighted by molar-refractivity contribution is 0.0697. The maximum atomic E-state index is 11.9. The first kappa shape index (κ1) is 15.6. The number of urea groups is 1. The van der Waals surface area contributed by atoms with Crippen LogP contribution in [0.4, 0.5) is 10.5 Å². The zero-order valence-corrected chi connectivity index (χ0v) is 12.8. The number of rotatable bonds is 3. The Morgan fingerprint density at radius 1 is 1.38 bits per heavy atom. The lowest BCUT2D eigenvalue weighted by Gasteiger charge is -2.18. The molecule has 1 aliphatic carbocycles. The average Bonchev–Trinajstić information content (AvgIpc) is 2.67. The molecule has 0 heterocycles. The van der Waals surface area contributed by atoms with Crippen molar-refractivity contribution in [3.05, 3.63) is 28.8 Å². The molecular weight excluding hydrogens is 292 g/mol. The molecule has 1 aromatic carbocycles. The molecule has 2 amide bonds. The number of carbonyl (C=O) groups excluding carboxylic acids is 1. The molecule has 1 unspecified atom stereocenters. The van der Waals surface area contributed by atoms with Gasteiger partial charge in [0.25, 0.3) is 0 Å². The zero-order chi connectivity index (χ0) is 15.6. The van der Waals surface area contributed by atoms with Crippen molar-refractivity contribution in [2.24, 2.45) is 5.41 Å². The predicted octanol–water partition coefficient (Wildman–Crippen LogP) is 3.74. The molecule has 2 rings (SSSR count). The van der Waals surface area contributed by atoms with Gasteiger partial charge in [0.15, 0.2) is 0 Å². The lowest BCUT2D eigenvalue weighted by Crippen LogP contribution is -2.36. The van der Waals surface area contributed by atoms with E-state index in [2.05, 4.69) is 24.5 Å². The van der Waals surface area contributed by atoms with E-state index >= 15 is 0 Å².